The Kier molecular flexibility index (Phi) is 9.98. The summed E-state index contributed by atoms with van der Waals surface area (Å²) in [4.78, 5) is 26.8. The molecule has 0 aromatic heterocycles. The van der Waals surface area contributed by atoms with Gasteiger partial charge in [-0.1, -0.05) is 44.7 Å². The second kappa shape index (κ2) is 13.2. The Morgan fingerprint density at radius 1 is 1.11 bits per heavy atom. The number of amides is 2. The summed E-state index contributed by atoms with van der Waals surface area (Å²) in [6.45, 7) is 9.08. The quantitative estimate of drug-likeness (QED) is 0.451. The molecule has 35 heavy (non-hydrogen) atoms. The molecule has 1 heterocycles. The van der Waals surface area contributed by atoms with Crippen molar-refractivity contribution in [2.45, 2.75) is 33.7 Å². The molecule has 2 aromatic carbocycles. The van der Waals surface area contributed by atoms with Crippen molar-refractivity contribution in [3.63, 3.8) is 0 Å². The number of nitrogens with one attached hydrogen (secondary N) is 1. The smallest absolute Gasteiger partial charge is 0.302 e. The monoisotopic (exact) mass is 498 g/mol. The lowest BCUT2D eigenvalue weighted by Gasteiger charge is -2.23. The minimum absolute atomic E-state index is 0.0416. The molecular formula is C26H34N4O4S. The molecule has 0 unspecified atom stereocenters. The Bertz CT molecular complexity index is 1040. The van der Waals surface area contributed by atoms with Crippen LogP contribution in [0.25, 0.3) is 0 Å². The van der Waals surface area contributed by atoms with E-state index in [0.29, 0.717) is 36.9 Å². The van der Waals surface area contributed by atoms with Crippen molar-refractivity contribution in [1.29, 1.82) is 0 Å². The molecule has 0 atom stereocenters. The number of hydrogen-bond acceptors (Lipinski definition) is 7. The maximum atomic E-state index is 12.5. The van der Waals surface area contributed by atoms with Crippen LogP contribution in [0.2, 0.25) is 0 Å². The molecule has 1 N–H and O–H groups in total. The molecule has 9 heteroatoms. The van der Waals surface area contributed by atoms with E-state index >= 15 is 0 Å². The Morgan fingerprint density at radius 3 is 2.51 bits per heavy atom. The van der Waals surface area contributed by atoms with Crippen LogP contribution >= 0.6 is 11.8 Å². The fourth-order valence-corrected chi connectivity index (χ4v) is 4.30. The molecular weight excluding hydrogens is 464 g/mol. The van der Waals surface area contributed by atoms with E-state index in [0.717, 1.165) is 42.0 Å². The molecule has 0 spiro atoms. The summed E-state index contributed by atoms with van der Waals surface area (Å²) in [5, 5.41) is 8.94. The van der Waals surface area contributed by atoms with Crippen molar-refractivity contribution < 1.29 is 19.1 Å². The molecule has 0 bridgehead atoms. The largest absolute Gasteiger partial charge is 0.493 e. The molecule has 188 valence electrons. The van der Waals surface area contributed by atoms with Gasteiger partial charge < -0.3 is 14.8 Å². The Labute approximate surface area is 211 Å². The second-order valence-corrected chi connectivity index (χ2v) is 9.01. The maximum absolute atomic E-state index is 12.5. The third-order valence-electron chi connectivity index (χ3n) is 5.57. The first-order chi connectivity index (χ1) is 17.0. The zero-order valence-corrected chi connectivity index (χ0v) is 21.7. The number of methoxy groups -OCH3 is 1. The Balaban J connectivity index is 1.69. The standard InChI is InChI=1S/C26H34N4O4S/c1-5-14-34-24-15-20(10-13-23(24)33-4)22-18-35-26(32)30(28-22)16-19-8-11-21(12-9-19)27-25(31)17-29(6-2)7-3/h8-13,15H,5-7,14,16-18H2,1-4H3,(H,27,31). The number of carbonyl (C=O) groups excluding carboxylic acids is 2. The van der Waals surface area contributed by atoms with Gasteiger partial charge in [0.2, 0.25) is 5.91 Å². The summed E-state index contributed by atoms with van der Waals surface area (Å²) in [6, 6.07) is 13.2. The zero-order chi connectivity index (χ0) is 25.2. The average molecular weight is 499 g/mol. The summed E-state index contributed by atoms with van der Waals surface area (Å²) in [6.07, 6.45) is 0.894. The first-order valence-corrected chi connectivity index (χ1v) is 12.9. The van der Waals surface area contributed by atoms with E-state index in [1.807, 2.05) is 56.3 Å². The number of nitrogens with zero attached hydrogens (tertiary/aromatic N) is 3. The lowest BCUT2D eigenvalue weighted by atomic mass is 10.1. The average Bonchev–Trinajstić information content (AvgIpc) is 2.88. The first kappa shape index (κ1) is 26.6. The molecule has 0 saturated carbocycles. The Morgan fingerprint density at radius 2 is 1.86 bits per heavy atom. The van der Waals surface area contributed by atoms with Crippen molar-refractivity contribution >= 4 is 34.3 Å². The van der Waals surface area contributed by atoms with Gasteiger partial charge in [-0.15, -0.1) is 0 Å². The molecule has 2 amide bonds. The normalized spacial score (nSPS) is 13.6. The number of ether oxygens (including phenoxy) is 2. The van der Waals surface area contributed by atoms with E-state index in [9.17, 15) is 9.59 Å². The minimum atomic E-state index is -0.0960. The highest BCUT2D eigenvalue weighted by Gasteiger charge is 2.23. The number of benzene rings is 2. The van der Waals surface area contributed by atoms with Crippen molar-refractivity contribution in [1.82, 2.24) is 9.91 Å². The van der Waals surface area contributed by atoms with Gasteiger partial charge in [0.25, 0.3) is 0 Å². The minimum Gasteiger partial charge on any atom is -0.493 e. The molecule has 3 rings (SSSR count). The number of rotatable bonds is 12. The molecule has 1 aliphatic heterocycles. The van der Waals surface area contributed by atoms with Crippen LogP contribution in [0.4, 0.5) is 10.5 Å². The number of hydrogen-bond donors (Lipinski definition) is 1. The summed E-state index contributed by atoms with van der Waals surface area (Å²) in [5.74, 6) is 1.79. The van der Waals surface area contributed by atoms with Gasteiger partial charge in [0.1, 0.15) is 0 Å². The van der Waals surface area contributed by atoms with Crippen LogP contribution in [0.5, 0.6) is 11.5 Å². The van der Waals surface area contributed by atoms with Crippen LogP contribution in [-0.4, -0.2) is 65.9 Å². The van der Waals surface area contributed by atoms with E-state index in [-0.39, 0.29) is 11.1 Å². The van der Waals surface area contributed by atoms with Crippen LogP contribution in [0.3, 0.4) is 0 Å². The highest BCUT2D eigenvalue weighted by atomic mass is 32.2. The number of anilines is 1. The van der Waals surface area contributed by atoms with Crippen LogP contribution in [0.15, 0.2) is 47.6 Å². The van der Waals surface area contributed by atoms with Crippen molar-refractivity contribution in [3.8, 4) is 11.5 Å². The van der Waals surface area contributed by atoms with Gasteiger partial charge in [-0.05, 0) is 55.4 Å². The molecule has 0 fully saturated rings. The van der Waals surface area contributed by atoms with Crippen LogP contribution in [0, 0.1) is 0 Å². The highest BCUT2D eigenvalue weighted by molar-refractivity contribution is 8.14. The summed E-state index contributed by atoms with van der Waals surface area (Å²) in [7, 11) is 1.62. The lowest BCUT2D eigenvalue weighted by Crippen LogP contribution is -2.32. The SMILES string of the molecule is CCCOc1cc(C2=NN(Cc3ccc(NC(=O)CN(CC)CC)cc3)C(=O)SC2)ccc1OC. The lowest BCUT2D eigenvalue weighted by molar-refractivity contribution is -0.117. The maximum Gasteiger partial charge on any atom is 0.302 e. The van der Waals surface area contributed by atoms with Gasteiger partial charge in [0, 0.05) is 17.0 Å². The second-order valence-electron chi connectivity index (χ2n) is 8.08. The van der Waals surface area contributed by atoms with E-state index in [4.69, 9.17) is 9.47 Å². The van der Waals surface area contributed by atoms with E-state index in [1.54, 1.807) is 7.11 Å². The van der Waals surface area contributed by atoms with Gasteiger partial charge in [-0.25, -0.2) is 5.01 Å². The van der Waals surface area contributed by atoms with Crippen LogP contribution in [-0.2, 0) is 11.3 Å². The number of carbonyl (C=O) groups is 2. The van der Waals surface area contributed by atoms with Gasteiger partial charge in [-0.2, -0.15) is 5.10 Å². The number of likely N-dealkylation sites (N-methyl/N-ethyl adjacent to an activating group) is 1. The molecule has 0 saturated heterocycles. The predicted molar refractivity (Wildman–Crippen MR) is 142 cm³/mol. The topological polar surface area (TPSA) is 83.5 Å². The van der Waals surface area contributed by atoms with Gasteiger partial charge >= 0.3 is 5.24 Å². The molecule has 8 nitrogen and oxygen atoms in total. The predicted octanol–water partition coefficient (Wildman–Crippen LogP) is 4.84. The Hall–Kier alpha value is -3.04. The highest BCUT2D eigenvalue weighted by Crippen LogP contribution is 2.30. The number of hydrazone groups is 1. The van der Waals surface area contributed by atoms with E-state index < -0.39 is 0 Å². The van der Waals surface area contributed by atoms with Crippen molar-refractivity contribution in [2.24, 2.45) is 5.10 Å². The molecule has 2 aromatic rings. The van der Waals surface area contributed by atoms with Gasteiger partial charge in [0.05, 0.1) is 32.5 Å². The van der Waals surface area contributed by atoms with Gasteiger partial charge in [0.15, 0.2) is 11.5 Å². The summed E-state index contributed by atoms with van der Waals surface area (Å²) >= 11 is 1.23. The van der Waals surface area contributed by atoms with Crippen molar-refractivity contribution in [2.75, 3.05) is 44.4 Å². The van der Waals surface area contributed by atoms with Crippen LogP contribution < -0.4 is 14.8 Å². The van der Waals surface area contributed by atoms with Crippen LogP contribution in [0.1, 0.15) is 38.3 Å². The third kappa shape index (κ3) is 7.47. The van der Waals surface area contributed by atoms with Gasteiger partial charge in [-0.3, -0.25) is 14.5 Å². The zero-order valence-electron chi connectivity index (χ0n) is 20.9. The van der Waals surface area contributed by atoms with E-state index in [1.165, 1.54) is 16.8 Å². The summed E-state index contributed by atoms with van der Waals surface area (Å²) in [5.41, 5.74) is 3.35. The van der Waals surface area contributed by atoms with Crippen molar-refractivity contribution in [3.05, 3.63) is 53.6 Å². The third-order valence-corrected chi connectivity index (χ3v) is 6.45. The fourth-order valence-electron chi connectivity index (χ4n) is 3.56. The summed E-state index contributed by atoms with van der Waals surface area (Å²) < 4.78 is 11.2. The fraction of sp³-hybridized carbons (Fsp3) is 0.423. The molecule has 0 radical (unpaired) electrons. The molecule has 1 aliphatic rings. The number of thioether (sulfide) groups is 1. The molecule has 0 aliphatic carbocycles. The first-order valence-electron chi connectivity index (χ1n) is 11.9. The van der Waals surface area contributed by atoms with E-state index in [2.05, 4.69) is 22.2 Å².